The topological polar surface area (TPSA) is 37.9 Å². The van der Waals surface area contributed by atoms with Crippen LogP contribution in [0.4, 0.5) is 0 Å². The molecule has 0 fully saturated rings. The zero-order chi connectivity index (χ0) is 7.68. The second-order valence-electron chi connectivity index (χ2n) is 2.93. The van der Waals surface area contributed by atoms with E-state index in [-0.39, 0.29) is 0 Å². The van der Waals surface area contributed by atoms with Crippen LogP contribution in [0.15, 0.2) is 6.33 Å². The molecular weight excluding hydrogens is 140 g/mol. The van der Waals surface area contributed by atoms with Crippen molar-refractivity contribution in [3.05, 3.63) is 17.7 Å². The molecule has 1 N–H and O–H groups in total. The quantitative estimate of drug-likeness (QED) is 0.649. The normalized spacial score (nSPS) is 23.2. The van der Waals surface area contributed by atoms with Crippen LogP contribution in [0.3, 0.4) is 0 Å². The maximum absolute atomic E-state index is 5.27. The van der Waals surface area contributed by atoms with Crippen LogP contribution in [0.25, 0.3) is 0 Å². The Morgan fingerprint density at radius 2 is 2.64 bits per heavy atom. The first kappa shape index (κ1) is 6.85. The average molecular weight is 152 g/mol. The molecule has 1 heterocycles. The van der Waals surface area contributed by atoms with Gasteiger partial charge in [0.25, 0.3) is 0 Å². The molecule has 1 unspecified atom stereocenters. The van der Waals surface area contributed by atoms with Gasteiger partial charge in [0.05, 0.1) is 18.1 Å². The van der Waals surface area contributed by atoms with Crippen molar-refractivity contribution >= 4 is 0 Å². The molecule has 1 aromatic rings. The number of aryl methyl sites for hydroxylation is 1. The molecule has 0 amide bonds. The fourth-order valence-electron chi connectivity index (χ4n) is 1.57. The lowest BCUT2D eigenvalue weighted by molar-refractivity contribution is 0.0899. The minimum absolute atomic E-state index is 0.392. The number of aromatic nitrogens is 2. The molecule has 0 spiro atoms. The van der Waals surface area contributed by atoms with Gasteiger partial charge in [0, 0.05) is 19.2 Å². The first-order chi connectivity index (χ1) is 5.40. The number of rotatable bonds is 1. The fourth-order valence-corrected chi connectivity index (χ4v) is 1.57. The number of H-pyrrole nitrogens is 1. The van der Waals surface area contributed by atoms with E-state index >= 15 is 0 Å². The summed E-state index contributed by atoms with van der Waals surface area (Å²) in [6.07, 6.45) is 5.31. The SMILES string of the molecule is COC1CCc2nc[nH]c2C1. The lowest BCUT2D eigenvalue weighted by atomic mass is 9.98. The number of hydrogen-bond donors (Lipinski definition) is 1. The average Bonchev–Trinajstić information content (AvgIpc) is 2.50. The van der Waals surface area contributed by atoms with Crippen molar-refractivity contribution in [1.82, 2.24) is 9.97 Å². The Bertz CT molecular complexity index is 244. The molecule has 11 heavy (non-hydrogen) atoms. The molecule has 0 aromatic carbocycles. The van der Waals surface area contributed by atoms with Crippen LogP contribution < -0.4 is 0 Å². The van der Waals surface area contributed by atoms with E-state index in [0.717, 1.165) is 19.3 Å². The maximum Gasteiger partial charge on any atom is 0.0925 e. The summed E-state index contributed by atoms with van der Waals surface area (Å²) in [6, 6.07) is 0. The first-order valence-electron chi connectivity index (χ1n) is 3.94. The van der Waals surface area contributed by atoms with Gasteiger partial charge in [0.1, 0.15) is 0 Å². The van der Waals surface area contributed by atoms with Gasteiger partial charge in [0.2, 0.25) is 0 Å². The van der Waals surface area contributed by atoms with Crippen LogP contribution in [0, 0.1) is 0 Å². The molecular formula is C8H12N2O. The minimum atomic E-state index is 0.392. The molecule has 3 nitrogen and oxygen atoms in total. The number of methoxy groups -OCH3 is 1. The predicted molar refractivity (Wildman–Crippen MR) is 41.4 cm³/mol. The largest absolute Gasteiger partial charge is 0.381 e. The van der Waals surface area contributed by atoms with E-state index in [1.165, 1.54) is 11.4 Å². The zero-order valence-electron chi connectivity index (χ0n) is 6.63. The maximum atomic E-state index is 5.27. The van der Waals surface area contributed by atoms with Gasteiger partial charge in [-0.05, 0) is 12.8 Å². The molecule has 0 aliphatic heterocycles. The van der Waals surface area contributed by atoms with Crippen LogP contribution in [0.1, 0.15) is 17.8 Å². The summed E-state index contributed by atoms with van der Waals surface area (Å²) in [6.45, 7) is 0. The molecule has 2 rings (SSSR count). The van der Waals surface area contributed by atoms with Gasteiger partial charge in [-0.25, -0.2) is 4.98 Å². The van der Waals surface area contributed by atoms with Crippen LogP contribution in [-0.2, 0) is 17.6 Å². The Kier molecular flexibility index (Phi) is 1.66. The molecule has 0 radical (unpaired) electrons. The summed E-state index contributed by atoms with van der Waals surface area (Å²) in [5.41, 5.74) is 2.47. The van der Waals surface area contributed by atoms with Crippen molar-refractivity contribution in [3.8, 4) is 0 Å². The third kappa shape index (κ3) is 1.16. The predicted octanol–water partition coefficient (Wildman–Crippen LogP) is 0.913. The van der Waals surface area contributed by atoms with E-state index in [2.05, 4.69) is 9.97 Å². The molecule has 60 valence electrons. The summed E-state index contributed by atoms with van der Waals surface area (Å²) in [4.78, 5) is 7.35. The van der Waals surface area contributed by atoms with Gasteiger partial charge in [-0.1, -0.05) is 0 Å². The zero-order valence-corrected chi connectivity index (χ0v) is 6.63. The molecule has 1 aromatic heterocycles. The highest BCUT2D eigenvalue weighted by atomic mass is 16.5. The van der Waals surface area contributed by atoms with Gasteiger partial charge in [-0.2, -0.15) is 0 Å². The van der Waals surface area contributed by atoms with Crippen LogP contribution in [0.2, 0.25) is 0 Å². The lowest BCUT2D eigenvalue weighted by Gasteiger charge is -2.19. The highest BCUT2D eigenvalue weighted by Gasteiger charge is 2.19. The second kappa shape index (κ2) is 2.66. The van der Waals surface area contributed by atoms with Gasteiger partial charge < -0.3 is 9.72 Å². The monoisotopic (exact) mass is 152 g/mol. The van der Waals surface area contributed by atoms with E-state index < -0.39 is 0 Å². The number of nitrogens with one attached hydrogen (secondary N) is 1. The van der Waals surface area contributed by atoms with Crippen molar-refractivity contribution in [3.63, 3.8) is 0 Å². The van der Waals surface area contributed by atoms with Crippen LogP contribution in [-0.4, -0.2) is 23.2 Å². The van der Waals surface area contributed by atoms with E-state index in [0.29, 0.717) is 6.10 Å². The number of hydrogen-bond acceptors (Lipinski definition) is 2. The number of nitrogens with zero attached hydrogens (tertiary/aromatic N) is 1. The number of imidazole rings is 1. The van der Waals surface area contributed by atoms with Gasteiger partial charge in [-0.3, -0.25) is 0 Å². The summed E-state index contributed by atoms with van der Waals surface area (Å²) < 4.78 is 5.27. The number of ether oxygens (including phenoxy) is 1. The van der Waals surface area contributed by atoms with E-state index in [1.54, 1.807) is 13.4 Å². The summed E-state index contributed by atoms with van der Waals surface area (Å²) >= 11 is 0. The highest BCUT2D eigenvalue weighted by Crippen LogP contribution is 2.18. The molecule has 3 heteroatoms. The lowest BCUT2D eigenvalue weighted by Crippen LogP contribution is -2.20. The Balaban J connectivity index is 2.18. The third-order valence-electron chi connectivity index (χ3n) is 2.28. The smallest absolute Gasteiger partial charge is 0.0925 e. The van der Waals surface area contributed by atoms with Crippen molar-refractivity contribution in [2.45, 2.75) is 25.4 Å². The van der Waals surface area contributed by atoms with E-state index in [4.69, 9.17) is 4.74 Å². The molecule has 1 aliphatic rings. The van der Waals surface area contributed by atoms with Crippen molar-refractivity contribution in [2.24, 2.45) is 0 Å². The minimum Gasteiger partial charge on any atom is -0.381 e. The van der Waals surface area contributed by atoms with Crippen LogP contribution >= 0.6 is 0 Å². The van der Waals surface area contributed by atoms with Gasteiger partial charge in [0.15, 0.2) is 0 Å². The summed E-state index contributed by atoms with van der Waals surface area (Å²) in [5, 5.41) is 0. The number of aromatic amines is 1. The van der Waals surface area contributed by atoms with Gasteiger partial charge in [-0.15, -0.1) is 0 Å². The van der Waals surface area contributed by atoms with Gasteiger partial charge >= 0.3 is 0 Å². The Morgan fingerprint density at radius 3 is 3.45 bits per heavy atom. The van der Waals surface area contributed by atoms with E-state index in [9.17, 15) is 0 Å². The third-order valence-corrected chi connectivity index (χ3v) is 2.28. The Morgan fingerprint density at radius 1 is 1.73 bits per heavy atom. The van der Waals surface area contributed by atoms with Crippen molar-refractivity contribution < 1.29 is 4.74 Å². The van der Waals surface area contributed by atoms with Crippen LogP contribution in [0.5, 0.6) is 0 Å². The van der Waals surface area contributed by atoms with Crippen molar-refractivity contribution in [1.29, 1.82) is 0 Å². The summed E-state index contributed by atoms with van der Waals surface area (Å²) in [5.74, 6) is 0. The Hall–Kier alpha value is -0.830. The molecule has 1 aliphatic carbocycles. The molecule has 0 saturated carbocycles. The second-order valence-corrected chi connectivity index (χ2v) is 2.93. The summed E-state index contributed by atoms with van der Waals surface area (Å²) in [7, 11) is 1.77. The standard InChI is InChI=1S/C8H12N2O/c1-11-6-2-3-7-8(4-6)10-5-9-7/h5-6H,2-4H2,1H3,(H,9,10). The van der Waals surface area contributed by atoms with Crippen molar-refractivity contribution in [2.75, 3.05) is 7.11 Å². The number of fused-ring (bicyclic) bond motifs is 1. The molecule has 1 atom stereocenters. The van der Waals surface area contributed by atoms with E-state index in [1.807, 2.05) is 0 Å². The molecule has 0 bridgehead atoms. The first-order valence-corrected chi connectivity index (χ1v) is 3.94. The fraction of sp³-hybridized carbons (Fsp3) is 0.625. The molecule has 0 saturated heterocycles. The highest BCUT2D eigenvalue weighted by molar-refractivity contribution is 5.15. The Labute approximate surface area is 65.8 Å².